The molecule has 4 N–H and O–H groups in total. The first-order valence-corrected chi connectivity index (χ1v) is 5.82. The Morgan fingerprint density at radius 3 is 2.75 bits per heavy atom. The summed E-state index contributed by atoms with van der Waals surface area (Å²) < 4.78 is 5.24. The predicted molar refractivity (Wildman–Crippen MR) is 61.7 cm³/mol. The zero-order valence-corrected chi connectivity index (χ0v) is 9.87. The number of hydrogen-bond donors (Lipinski definition) is 3. The predicted octanol–water partition coefficient (Wildman–Crippen LogP) is -1.32. The zero-order valence-electron chi connectivity index (χ0n) is 9.87. The fourth-order valence-corrected chi connectivity index (χ4v) is 1.63. The van der Waals surface area contributed by atoms with Crippen LogP contribution in [-0.4, -0.2) is 56.4 Å². The van der Waals surface area contributed by atoms with Crippen LogP contribution in [0.5, 0.6) is 0 Å². The summed E-state index contributed by atoms with van der Waals surface area (Å²) in [6.45, 7) is 6.15. The van der Waals surface area contributed by atoms with Gasteiger partial charge < -0.3 is 15.8 Å². The Balaban J connectivity index is 2.27. The molecule has 1 saturated heterocycles. The van der Waals surface area contributed by atoms with E-state index in [4.69, 9.17) is 10.5 Å². The molecule has 1 unspecified atom stereocenters. The van der Waals surface area contributed by atoms with E-state index in [1.807, 2.05) is 6.92 Å². The summed E-state index contributed by atoms with van der Waals surface area (Å²) in [4.78, 5) is 11.4. The number of nitrogens with zero attached hydrogens (tertiary/aromatic N) is 1. The van der Waals surface area contributed by atoms with Gasteiger partial charge in [0.2, 0.25) is 5.91 Å². The summed E-state index contributed by atoms with van der Waals surface area (Å²) in [6, 6.07) is 0.00431. The molecular weight excluding hydrogens is 208 g/mol. The Morgan fingerprint density at radius 1 is 1.50 bits per heavy atom. The summed E-state index contributed by atoms with van der Waals surface area (Å²) in [7, 11) is 0. The van der Waals surface area contributed by atoms with Crippen LogP contribution in [0, 0.1) is 0 Å². The van der Waals surface area contributed by atoms with Crippen LogP contribution in [0.15, 0.2) is 0 Å². The lowest BCUT2D eigenvalue weighted by molar-refractivity contribution is -0.121. The van der Waals surface area contributed by atoms with Crippen LogP contribution in [0.4, 0.5) is 0 Å². The fourth-order valence-electron chi connectivity index (χ4n) is 1.63. The van der Waals surface area contributed by atoms with Crippen LogP contribution in [0.1, 0.15) is 13.3 Å². The summed E-state index contributed by atoms with van der Waals surface area (Å²) in [5, 5.41) is 4.84. The van der Waals surface area contributed by atoms with E-state index in [1.165, 1.54) is 0 Å². The average molecular weight is 230 g/mol. The van der Waals surface area contributed by atoms with Crippen LogP contribution in [0.3, 0.4) is 0 Å². The summed E-state index contributed by atoms with van der Waals surface area (Å²) in [6.07, 6.45) is 0.418. The Morgan fingerprint density at radius 2 is 2.19 bits per heavy atom. The van der Waals surface area contributed by atoms with Crippen molar-refractivity contribution in [2.75, 3.05) is 39.4 Å². The van der Waals surface area contributed by atoms with Crippen LogP contribution in [0.25, 0.3) is 0 Å². The second-order valence-electron chi connectivity index (χ2n) is 3.82. The molecule has 0 spiro atoms. The number of carbonyl (C=O) groups is 1. The number of nitrogens with two attached hydrogens (primary N) is 1. The Hall–Kier alpha value is -0.690. The normalized spacial score (nSPS) is 19.4. The lowest BCUT2D eigenvalue weighted by Crippen LogP contribution is -2.53. The average Bonchev–Trinajstić information content (AvgIpc) is 2.30. The van der Waals surface area contributed by atoms with E-state index >= 15 is 0 Å². The number of rotatable bonds is 6. The van der Waals surface area contributed by atoms with Crippen molar-refractivity contribution in [3.8, 4) is 0 Å². The van der Waals surface area contributed by atoms with Crippen molar-refractivity contribution >= 4 is 5.91 Å². The monoisotopic (exact) mass is 230 g/mol. The van der Waals surface area contributed by atoms with Crippen molar-refractivity contribution in [3.05, 3.63) is 0 Å². The van der Waals surface area contributed by atoms with Gasteiger partial charge in [-0.05, 0) is 6.92 Å². The van der Waals surface area contributed by atoms with Gasteiger partial charge in [-0.2, -0.15) is 0 Å². The molecule has 16 heavy (non-hydrogen) atoms. The third kappa shape index (κ3) is 4.89. The maximum Gasteiger partial charge on any atom is 0.221 e. The minimum absolute atomic E-state index is 0.00431. The van der Waals surface area contributed by atoms with Crippen LogP contribution >= 0.6 is 0 Å². The molecule has 6 nitrogen and oxygen atoms in total. The third-order valence-corrected chi connectivity index (χ3v) is 2.47. The zero-order chi connectivity index (χ0) is 11.8. The van der Waals surface area contributed by atoms with Gasteiger partial charge in [0, 0.05) is 38.6 Å². The van der Waals surface area contributed by atoms with E-state index in [-0.39, 0.29) is 11.9 Å². The molecule has 0 saturated carbocycles. The van der Waals surface area contributed by atoms with Crippen molar-refractivity contribution in [2.45, 2.75) is 19.4 Å². The molecule has 1 aliphatic rings. The van der Waals surface area contributed by atoms with Crippen LogP contribution in [-0.2, 0) is 9.53 Å². The molecule has 1 amide bonds. The van der Waals surface area contributed by atoms with Gasteiger partial charge in [-0.25, -0.2) is 5.01 Å². The van der Waals surface area contributed by atoms with Crippen molar-refractivity contribution in [3.63, 3.8) is 0 Å². The summed E-state index contributed by atoms with van der Waals surface area (Å²) in [5.41, 5.74) is 8.90. The Kier molecular flexibility index (Phi) is 6.32. The molecule has 0 aromatic heterocycles. The smallest absolute Gasteiger partial charge is 0.221 e. The van der Waals surface area contributed by atoms with E-state index < -0.39 is 0 Å². The molecule has 6 heteroatoms. The second-order valence-corrected chi connectivity index (χ2v) is 3.82. The van der Waals surface area contributed by atoms with E-state index in [9.17, 15) is 4.79 Å². The van der Waals surface area contributed by atoms with Crippen molar-refractivity contribution < 1.29 is 9.53 Å². The highest BCUT2D eigenvalue weighted by Crippen LogP contribution is 1.97. The summed E-state index contributed by atoms with van der Waals surface area (Å²) >= 11 is 0. The molecule has 1 aliphatic heterocycles. The van der Waals surface area contributed by atoms with Gasteiger partial charge >= 0.3 is 0 Å². The molecule has 0 bridgehead atoms. The van der Waals surface area contributed by atoms with Crippen molar-refractivity contribution in [1.82, 2.24) is 15.8 Å². The lowest BCUT2D eigenvalue weighted by Gasteiger charge is -2.31. The minimum atomic E-state index is 0.00431. The van der Waals surface area contributed by atoms with Gasteiger partial charge in [0.25, 0.3) is 0 Å². The molecule has 94 valence electrons. The number of hydrazine groups is 1. The van der Waals surface area contributed by atoms with Gasteiger partial charge in [0.1, 0.15) is 0 Å². The first kappa shape index (κ1) is 13.4. The number of carbonyl (C=O) groups excluding carboxylic acids is 1. The quantitative estimate of drug-likeness (QED) is 0.527. The fraction of sp³-hybridized carbons (Fsp3) is 0.900. The molecular formula is C10H22N4O2. The van der Waals surface area contributed by atoms with E-state index in [0.717, 1.165) is 26.3 Å². The van der Waals surface area contributed by atoms with Crippen LogP contribution < -0.4 is 16.5 Å². The lowest BCUT2D eigenvalue weighted by atomic mass is 10.2. The largest absolute Gasteiger partial charge is 0.379 e. The number of ether oxygens (including phenoxy) is 1. The Bertz CT molecular complexity index is 207. The van der Waals surface area contributed by atoms with Gasteiger partial charge in [-0.1, -0.05) is 0 Å². The first-order valence-electron chi connectivity index (χ1n) is 5.82. The van der Waals surface area contributed by atoms with Crippen LogP contribution in [0.2, 0.25) is 0 Å². The number of amides is 1. The minimum Gasteiger partial charge on any atom is -0.379 e. The third-order valence-electron chi connectivity index (χ3n) is 2.47. The number of hydrogen-bond acceptors (Lipinski definition) is 5. The molecule has 1 heterocycles. The van der Waals surface area contributed by atoms with Crippen molar-refractivity contribution in [1.29, 1.82) is 0 Å². The first-order chi connectivity index (χ1) is 7.76. The standard InChI is InChI=1S/C10H22N4O2/c1-2-12-10(15)7-9(8-11)13-14-3-5-16-6-4-14/h9,13H,2-8,11H2,1H3,(H,12,15). The number of nitrogens with one attached hydrogen (secondary N) is 2. The van der Waals surface area contributed by atoms with E-state index in [2.05, 4.69) is 15.8 Å². The molecule has 1 atom stereocenters. The Labute approximate surface area is 96.5 Å². The maximum atomic E-state index is 11.4. The molecule has 0 aromatic rings. The summed E-state index contributed by atoms with van der Waals surface area (Å²) in [5.74, 6) is 0.0405. The molecule has 1 rings (SSSR count). The number of morpholine rings is 1. The highest BCUT2D eigenvalue weighted by molar-refractivity contribution is 5.76. The SMILES string of the molecule is CCNC(=O)CC(CN)NN1CCOCC1. The topological polar surface area (TPSA) is 79.6 Å². The van der Waals surface area contributed by atoms with Gasteiger partial charge in [-0.15, -0.1) is 0 Å². The van der Waals surface area contributed by atoms with Gasteiger partial charge in [0.05, 0.1) is 13.2 Å². The van der Waals surface area contributed by atoms with Crippen molar-refractivity contribution in [2.24, 2.45) is 5.73 Å². The highest BCUT2D eigenvalue weighted by atomic mass is 16.5. The second kappa shape index (κ2) is 7.56. The van der Waals surface area contributed by atoms with E-state index in [0.29, 0.717) is 19.5 Å². The van der Waals surface area contributed by atoms with Gasteiger partial charge in [-0.3, -0.25) is 10.2 Å². The molecule has 1 fully saturated rings. The highest BCUT2D eigenvalue weighted by Gasteiger charge is 2.17. The van der Waals surface area contributed by atoms with Gasteiger partial charge in [0.15, 0.2) is 0 Å². The van der Waals surface area contributed by atoms with E-state index in [1.54, 1.807) is 0 Å². The molecule has 0 aliphatic carbocycles. The molecule has 0 aromatic carbocycles. The molecule has 0 radical (unpaired) electrons. The maximum absolute atomic E-state index is 11.4.